The molecule has 4 bridgehead atoms. The first kappa shape index (κ1) is 17.2. The molecule has 0 spiro atoms. The molecule has 2 unspecified atom stereocenters. The Hall–Kier alpha value is -2.67. The Labute approximate surface area is 168 Å². The fourth-order valence-electron chi connectivity index (χ4n) is 6.50. The number of hydrogen-bond acceptors (Lipinski definition) is 5. The van der Waals surface area contributed by atoms with Crippen molar-refractivity contribution >= 4 is 29.0 Å². The molecule has 4 fully saturated rings. The second kappa shape index (κ2) is 5.69. The first-order chi connectivity index (χ1) is 13.9. The van der Waals surface area contributed by atoms with Crippen LogP contribution in [-0.4, -0.2) is 50.0 Å². The number of aliphatic hydroxyl groups is 1. The summed E-state index contributed by atoms with van der Waals surface area (Å²) in [6.07, 6.45) is 9.43. The lowest BCUT2D eigenvalue weighted by molar-refractivity contribution is -0.138. The predicted octanol–water partition coefficient (Wildman–Crippen LogP) is 2.41. The molecule has 2 atom stereocenters. The van der Waals surface area contributed by atoms with Gasteiger partial charge in [-0.1, -0.05) is 6.07 Å². The highest BCUT2D eigenvalue weighted by Crippen LogP contribution is 2.57. The highest BCUT2D eigenvalue weighted by atomic mass is 16.3. The van der Waals surface area contributed by atoms with E-state index in [9.17, 15) is 9.90 Å². The molecule has 7 rings (SSSR count). The van der Waals surface area contributed by atoms with E-state index < -0.39 is 5.60 Å². The van der Waals surface area contributed by atoms with E-state index >= 15 is 0 Å². The number of likely N-dealkylation sites (N-methyl/N-ethyl adjacent to an activating group) is 1. The van der Waals surface area contributed by atoms with E-state index in [1.807, 2.05) is 24.3 Å². The number of hydrogen-bond donors (Lipinski definition) is 3. The molecule has 1 aromatic carbocycles. The second-order valence-electron chi connectivity index (χ2n) is 9.60. The van der Waals surface area contributed by atoms with E-state index in [1.165, 1.54) is 6.42 Å². The molecule has 1 amide bonds. The Bertz CT molecular complexity index is 1070. The zero-order valence-electron chi connectivity index (χ0n) is 16.5. The Morgan fingerprint density at radius 3 is 2.83 bits per heavy atom. The van der Waals surface area contributed by atoms with Crippen LogP contribution in [0.5, 0.6) is 0 Å². The van der Waals surface area contributed by atoms with E-state index in [-0.39, 0.29) is 11.4 Å². The van der Waals surface area contributed by atoms with Crippen LogP contribution in [0, 0.1) is 11.8 Å². The van der Waals surface area contributed by atoms with Gasteiger partial charge in [0.25, 0.3) is 5.91 Å². The summed E-state index contributed by atoms with van der Waals surface area (Å²) in [6, 6.07) is 5.86. The van der Waals surface area contributed by atoms with Gasteiger partial charge in [-0.2, -0.15) is 0 Å². The topological polar surface area (TPSA) is 93.6 Å². The summed E-state index contributed by atoms with van der Waals surface area (Å²) in [6.45, 7) is 0. The van der Waals surface area contributed by atoms with Gasteiger partial charge in [0.15, 0.2) is 0 Å². The van der Waals surface area contributed by atoms with Gasteiger partial charge in [0.05, 0.1) is 23.0 Å². The minimum absolute atomic E-state index is 0.113. The Balaban J connectivity index is 1.30. The lowest BCUT2D eigenvalue weighted by Gasteiger charge is -2.60. The molecule has 3 N–H and O–H groups in total. The van der Waals surface area contributed by atoms with Gasteiger partial charge < -0.3 is 15.4 Å². The normalized spacial score (nSPS) is 37.0. The van der Waals surface area contributed by atoms with E-state index in [2.05, 4.69) is 20.3 Å². The van der Waals surface area contributed by atoms with Crippen molar-refractivity contribution in [2.75, 3.05) is 7.05 Å². The van der Waals surface area contributed by atoms with Crippen molar-refractivity contribution in [2.24, 2.45) is 16.8 Å². The number of aromatic amines is 1. The summed E-state index contributed by atoms with van der Waals surface area (Å²) in [5.41, 5.74) is 2.46. The van der Waals surface area contributed by atoms with Gasteiger partial charge >= 0.3 is 0 Å². The fourth-order valence-corrected chi connectivity index (χ4v) is 6.50. The van der Waals surface area contributed by atoms with Crippen LogP contribution in [-0.2, 0) is 4.79 Å². The number of imidazole rings is 1. The molecule has 7 heteroatoms. The molecule has 0 saturated heterocycles. The fraction of sp³-hybridized carbons (Fsp3) is 0.500. The molecule has 5 aliphatic rings. The lowest BCUT2D eigenvalue weighted by atomic mass is 9.51. The molecule has 150 valence electrons. The van der Waals surface area contributed by atoms with Crippen molar-refractivity contribution < 1.29 is 9.90 Å². The number of aliphatic imine (C=N–C) groups is 1. The highest BCUT2D eigenvalue weighted by Gasteiger charge is 2.58. The van der Waals surface area contributed by atoms with Crippen LogP contribution in [0.2, 0.25) is 0 Å². The van der Waals surface area contributed by atoms with Crippen LogP contribution in [0.4, 0.5) is 0 Å². The average molecular weight is 391 g/mol. The number of aromatic nitrogens is 2. The van der Waals surface area contributed by atoms with Gasteiger partial charge in [0.1, 0.15) is 5.70 Å². The van der Waals surface area contributed by atoms with Gasteiger partial charge in [-0.05, 0) is 74.1 Å². The van der Waals surface area contributed by atoms with Crippen LogP contribution < -0.4 is 5.32 Å². The number of guanidine groups is 1. The van der Waals surface area contributed by atoms with E-state index in [0.717, 1.165) is 48.7 Å². The van der Waals surface area contributed by atoms with Crippen molar-refractivity contribution in [3.8, 4) is 0 Å². The maximum absolute atomic E-state index is 12.8. The van der Waals surface area contributed by atoms with Crippen LogP contribution >= 0.6 is 0 Å². The summed E-state index contributed by atoms with van der Waals surface area (Å²) in [5, 5.41) is 14.6. The SMILES string of the molecule is CN1C(=O)/C(=C/c2ccc3[nH]cnc3c2)N=C1NC12CC3CC(CC(O)(C3)C1)C2. The summed E-state index contributed by atoms with van der Waals surface area (Å²) in [7, 11) is 1.77. The smallest absolute Gasteiger partial charge is 0.279 e. The zero-order chi connectivity index (χ0) is 19.8. The molecule has 2 heterocycles. The average Bonchev–Trinajstić information content (AvgIpc) is 3.20. The minimum Gasteiger partial charge on any atom is -0.390 e. The van der Waals surface area contributed by atoms with Crippen LogP contribution in [0.15, 0.2) is 35.2 Å². The Morgan fingerprint density at radius 2 is 2.07 bits per heavy atom. The number of nitrogens with zero attached hydrogens (tertiary/aromatic N) is 3. The highest BCUT2D eigenvalue weighted by molar-refractivity contribution is 6.13. The third-order valence-corrected chi connectivity index (χ3v) is 7.22. The summed E-state index contributed by atoms with van der Waals surface area (Å²) < 4.78 is 0. The monoisotopic (exact) mass is 391 g/mol. The number of nitrogens with one attached hydrogen (secondary N) is 2. The number of rotatable bonds is 2. The van der Waals surface area contributed by atoms with E-state index in [4.69, 9.17) is 0 Å². The second-order valence-corrected chi connectivity index (χ2v) is 9.60. The molecule has 0 radical (unpaired) electrons. The van der Waals surface area contributed by atoms with Crippen molar-refractivity contribution in [3.05, 3.63) is 35.8 Å². The molecule has 1 aromatic heterocycles. The van der Waals surface area contributed by atoms with Gasteiger partial charge in [0, 0.05) is 12.6 Å². The molecular formula is C22H25N5O2. The van der Waals surface area contributed by atoms with Crippen molar-refractivity contribution in [1.29, 1.82) is 0 Å². The lowest BCUT2D eigenvalue weighted by Crippen LogP contribution is -2.66. The van der Waals surface area contributed by atoms with E-state index in [1.54, 1.807) is 18.3 Å². The maximum atomic E-state index is 12.8. The Morgan fingerprint density at radius 1 is 1.28 bits per heavy atom. The van der Waals surface area contributed by atoms with Gasteiger partial charge in [0.2, 0.25) is 5.96 Å². The molecule has 2 aromatic rings. The summed E-state index contributed by atoms with van der Waals surface area (Å²) >= 11 is 0. The molecule has 4 aliphatic carbocycles. The van der Waals surface area contributed by atoms with Crippen molar-refractivity contribution in [2.45, 2.75) is 49.7 Å². The number of H-pyrrole nitrogens is 1. The number of fused-ring (bicyclic) bond motifs is 1. The van der Waals surface area contributed by atoms with Crippen LogP contribution in [0.3, 0.4) is 0 Å². The number of amides is 1. The predicted molar refractivity (Wildman–Crippen MR) is 110 cm³/mol. The number of carbonyl (C=O) groups is 1. The van der Waals surface area contributed by atoms with Crippen LogP contribution in [0.1, 0.15) is 44.1 Å². The third kappa shape index (κ3) is 2.71. The van der Waals surface area contributed by atoms with E-state index in [0.29, 0.717) is 23.5 Å². The summed E-state index contributed by atoms with van der Waals surface area (Å²) in [5.74, 6) is 1.64. The molecular weight excluding hydrogens is 366 g/mol. The minimum atomic E-state index is -0.545. The summed E-state index contributed by atoms with van der Waals surface area (Å²) in [4.78, 5) is 26.4. The molecule has 4 saturated carbocycles. The first-order valence-electron chi connectivity index (χ1n) is 10.4. The quantitative estimate of drug-likeness (QED) is 0.686. The number of carbonyl (C=O) groups excluding carboxylic acids is 1. The van der Waals surface area contributed by atoms with Crippen LogP contribution in [0.25, 0.3) is 17.1 Å². The zero-order valence-corrected chi connectivity index (χ0v) is 16.5. The van der Waals surface area contributed by atoms with Gasteiger partial charge in [-0.15, -0.1) is 0 Å². The standard InChI is InChI=1S/C22H25N5O2/c1-27-19(28)18(6-13-2-3-16-17(5-13)24-12-23-16)25-20(27)26-21-7-14-4-15(8-21)10-22(29,9-14)11-21/h2-3,5-6,12,14-15,29H,4,7-11H2,1H3,(H,23,24)(H,25,26)/b18-6-. The van der Waals surface area contributed by atoms with Crippen molar-refractivity contribution in [3.63, 3.8) is 0 Å². The van der Waals surface area contributed by atoms with Gasteiger partial charge in [-0.25, -0.2) is 9.98 Å². The Kier molecular flexibility index (Phi) is 3.38. The number of benzene rings is 1. The third-order valence-electron chi connectivity index (χ3n) is 7.22. The molecule has 7 nitrogen and oxygen atoms in total. The molecule has 1 aliphatic heterocycles. The van der Waals surface area contributed by atoms with Gasteiger partial charge in [-0.3, -0.25) is 9.69 Å². The maximum Gasteiger partial charge on any atom is 0.279 e. The first-order valence-corrected chi connectivity index (χ1v) is 10.4. The van der Waals surface area contributed by atoms with Crippen molar-refractivity contribution in [1.82, 2.24) is 20.2 Å². The molecule has 29 heavy (non-hydrogen) atoms. The largest absolute Gasteiger partial charge is 0.390 e.